The van der Waals surface area contributed by atoms with Gasteiger partial charge in [-0.2, -0.15) is 0 Å². The highest BCUT2D eigenvalue weighted by Crippen LogP contribution is 2.16. The molecule has 0 saturated heterocycles. The average Bonchev–Trinajstić information content (AvgIpc) is 2.40. The molecule has 6 heteroatoms. The Bertz CT molecular complexity index is 485. The van der Waals surface area contributed by atoms with E-state index in [4.69, 9.17) is 5.11 Å². The zero-order chi connectivity index (χ0) is 15.1. The van der Waals surface area contributed by atoms with Gasteiger partial charge in [-0.1, -0.05) is 13.8 Å². The van der Waals surface area contributed by atoms with Crippen molar-refractivity contribution in [1.29, 1.82) is 0 Å². The first-order valence-electron chi connectivity index (χ1n) is 6.58. The van der Waals surface area contributed by atoms with Crippen LogP contribution in [0, 0.1) is 5.82 Å². The fourth-order valence-electron chi connectivity index (χ4n) is 1.80. The number of carboxylic acid groups (broad SMARTS) is 1. The van der Waals surface area contributed by atoms with Crippen molar-refractivity contribution < 1.29 is 19.1 Å². The molecule has 0 aliphatic heterocycles. The molecule has 0 saturated carbocycles. The summed E-state index contributed by atoms with van der Waals surface area (Å²) in [6, 6.07) is 3.02. The van der Waals surface area contributed by atoms with E-state index in [1.807, 2.05) is 13.8 Å². The van der Waals surface area contributed by atoms with Crippen molar-refractivity contribution in [2.24, 2.45) is 0 Å². The van der Waals surface area contributed by atoms with Crippen LogP contribution in [0.25, 0.3) is 0 Å². The van der Waals surface area contributed by atoms with E-state index >= 15 is 0 Å². The minimum Gasteiger partial charge on any atom is -0.478 e. The number of amides is 2. The smallest absolute Gasteiger partial charge is 0.335 e. The first kappa shape index (κ1) is 15.9. The summed E-state index contributed by atoms with van der Waals surface area (Å²) in [6.45, 7) is 5.10. The Balaban J connectivity index is 2.81. The van der Waals surface area contributed by atoms with E-state index in [0.29, 0.717) is 13.1 Å². The summed E-state index contributed by atoms with van der Waals surface area (Å²) >= 11 is 0. The van der Waals surface area contributed by atoms with Crippen LogP contribution in [0.3, 0.4) is 0 Å². The van der Waals surface area contributed by atoms with E-state index in [-0.39, 0.29) is 17.3 Å². The number of hydrogen-bond donors (Lipinski definition) is 2. The first-order valence-corrected chi connectivity index (χ1v) is 6.58. The van der Waals surface area contributed by atoms with E-state index < -0.39 is 11.8 Å². The summed E-state index contributed by atoms with van der Waals surface area (Å²) in [6.07, 6.45) is 1.63. The maximum Gasteiger partial charge on any atom is 0.335 e. The Labute approximate surface area is 117 Å². The van der Waals surface area contributed by atoms with Gasteiger partial charge in [-0.05, 0) is 31.0 Å². The number of nitrogens with zero attached hydrogens (tertiary/aromatic N) is 1. The van der Waals surface area contributed by atoms with Crippen LogP contribution in [-0.2, 0) is 0 Å². The van der Waals surface area contributed by atoms with Crippen molar-refractivity contribution in [2.75, 3.05) is 18.4 Å². The van der Waals surface area contributed by atoms with Gasteiger partial charge in [0, 0.05) is 13.1 Å². The lowest BCUT2D eigenvalue weighted by Crippen LogP contribution is -2.36. The predicted octanol–water partition coefficient (Wildman–Crippen LogP) is 3.18. The standard InChI is InChI=1S/C14H19FN2O3/c1-3-7-17(8-4-2)14(20)16-12-6-5-10(13(18)19)9-11(12)15/h5-6,9H,3-4,7-8H2,1-2H3,(H,16,20)(H,18,19). The number of carbonyl (C=O) groups is 2. The van der Waals surface area contributed by atoms with Crippen LogP contribution in [0.5, 0.6) is 0 Å². The molecule has 1 aromatic rings. The average molecular weight is 282 g/mol. The van der Waals surface area contributed by atoms with Crippen molar-refractivity contribution in [1.82, 2.24) is 4.90 Å². The summed E-state index contributed by atoms with van der Waals surface area (Å²) < 4.78 is 13.7. The lowest BCUT2D eigenvalue weighted by Gasteiger charge is -2.22. The number of hydrogen-bond acceptors (Lipinski definition) is 2. The first-order chi connectivity index (χ1) is 9.49. The van der Waals surface area contributed by atoms with Gasteiger partial charge in [-0.25, -0.2) is 14.0 Å². The van der Waals surface area contributed by atoms with Gasteiger partial charge in [0.1, 0.15) is 5.82 Å². The SMILES string of the molecule is CCCN(CCC)C(=O)Nc1ccc(C(=O)O)cc1F. The molecule has 110 valence electrons. The zero-order valence-corrected chi connectivity index (χ0v) is 11.6. The molecule has 0 unspecified atom stereocenters. The fraction of sp³-hybridized carbons (Fsp3) is 0.429. The van der Waals surface area contributed by atoms with Crippen LogP contribution >= 0.6 is 0 Å². The van der Waals surface area contributed by atoms with Gasteiger partial charge in [0.15, 0.2) is 0 Å². The van der Waals surface area contributed by atoms with E-state index in [0.717, 1.165) is 18.9 Å². The summed E-state index contributed by atoms with van der Waals surface area (Å²) in [5.41, 5.74) is -0.170. The number of aromatic carboxylic acids is 1. The van der Waals surface area contributed by atoms with Crippen molar-refractivity contribution in [2.45, 2.75) is 26.7 Å². The Morgan fingerprint density at radius 2 is 1.85 bits per heavy atom. The number of carboxylic acids is 1. The van der Waals surface area contributed by atoms with Crippen LogP contribution in [0.1, 0.15) is 37.0 Å². The molecule has 0 aliphatic carbocycles. The minimum absolute atomic E-state index is 0.0165. The number of anilines is 1. The summed E-state index contributed by atoms with van der Waals surface area (Å²) in [5.74, 6) is -1.97. The lowest BCUT2D eigenvalue weighted by molar-refractivity contribution is 0.0696. The molecule has 0 heterocycles. The molecule has 0 spiro atoms. The van der Waals surface area contributed by atoms with Crippen molar-refractivity contribution in [3.8, 4) is 0 Å². The number of urea groups is 1. The summed E-state index contributed by atoms with van der Waals surface area (Å²) in [7, 11) is 0. The number of benzene rings is 1. The highest BCUT2D eigenvalue weighted by Gasteiger charge is 2.15. The van der Waals surface area contributed by atoms with Crippen molar-refractivity contribution >= 4 is 17.7 Å². The molecule has 1 aromatic carbocycles. The molecule has 0 bridgehead atoms. The molecule has 0 aromatic heterocycles. The second-order valence-corrected chi connectivity index (χ2v) is 4.42. The van der Waals surface area contributed by atoms with E-state index in [1.54, 1.807) is 4.90 Å². The number of halogens is 1. The van der Waals surface area contributed by atoms with E-state index in [9.17, 15) is 14.0 Å². The number of carbonyl (C=O) groups excluding carboxylic acids is 1. The van der Waals surface area contributed by atoms with Gasteiger partial charge in [0.2, 0.25) is 0 Å². The Hall–Kier alpha value is -2.11. The third-order valence-electron chi connectivity index (χ3n) is 2.73. The molecule has 0 aliphatic rings. The van der Waals surface area contributed by atoms with Crippen LogP contribution in [0.2, 0.25) is 0 Å². The molecule has 2 amide bonds. The minimum atomic E-state index is -1.21. The predicted molar refractivity (Wildman–Crippen MR) is 74.5 cm³/mol. The largest absolute Gasteiger partial charge is 0.478 e. The van der Waals surface area contributed by atoms with Crippen LogP contribution in [-0.4, -0.2) is 35.1 Å². The normalized spacial score (nSPS) is 10.2. The Morgan fingerprint density at radius 3 is 2.30 bits per heavy atom. The van der Waals surface area contributed by atoms with Crippen LogP contribution in [0.4, 0.5) is 14.9 Å². The summed E-state index contributed by atoms with van der Waals surface area (Å²) in [4.78, 5) is 24.3. The Morgan fingerprint density at radius 1 is 1.25 bits per heavy atom. The molecule has 0 radical (unpaired) electrons. The molecule has 5 nitrogen and oxygen atoms in total. The van der Waals surface area contributed by atoms with Gasteiger partial charge < -0.3 is 15.3 Å². The third-order valence-corrected chi connectivity index (χ3v) is 2.73. The van der Waals surface area contributed by atoms with Crippen molar-refractivity contribution in [3.05, 3.63) is 29.6 Å². The molecular formula is C14H19FN2O3. The maximum absolute atomic E-state index is 13.7. The molecule has 1 rings (SSSR count). The highest BCUT2D eigenvalue weighted by atomic mass is 19.1. The number of nitrogens with one attached hydrogen (secondary N) is 1. The quantitative estimate of drug-likeness (QED) is 0.842. The van der Waals surface area contributed by atoms with Crippen LogP contribution < -0.4 is 5.32 Å². The molecule has 0 fully saturated rings. The zero-order valence-electron chi connectivity index (χ0n) is 11.6. The lowest BCUT2D eigenvalue weighted by atomic mass is 10.2. The fourth-order valence-corrected chi connectivity index (χ4v) is 1.80. The van der Waals surface area contributed by atoms with Gasteiger partial charge in [0.25, 0.3) is 0 Å². The van der Waals surface area contributed by atoms with Crippen LogP contribution in [0.15, 0.2) is 18.2 Å². The highest BCUT2D eigenvalue weighted by molar-refractivity contribution is 5.91. The second-order valence-electron chi connectivity index (χ2n) is 4.42. The molecule has 2 N–H and O–H groups in total. The maximum atomic E-state index is 13.7. The molecular weight excluding hydrogens is 263 g/mol. The molecule has 20 heavy (non-hydrogen) atoms. The van der Waals surface area contributed by atoms with Crippen molar-refractivity contribution in [3.63, 3.8) is 0 Å². The van der Waals surface area contributed by atoms with Gasteiger partial charge in [0.05, 0.1) is 11.3 Å². The van der Waals surface area contributed by atoms with E-state index in [2.05, 4.69) is 5.32 Å². The second kappa shape index (κ2) is 7.47. The topological polar surface area (TPSA) is 69.6 Å². The third kappa shape index (κ3) is 4.22. The van der Waals surface area contributed by atoms with Gasteiger partial charge in [-0.3, -0.25) is 0 Å². The molecule has 0 atom stereocenters. The van der Waals surface area contributed by atoms with E-state index in [1.165, 1.54) is 12.1 Å². The Kier molecular flexibility index (Phi) is 5.96. The number of rotatable bonds is 6. The van der Waals surface area contributed by atoms with Gasteiger partial charge >= 0.3 is 12.0 Å². The van der Waals surface area contributed by atoms with Gasteiger partial charge in [-0.15, -0.1) is 0 Å². The monoisotopic (exact) mass is 282 g/mol. The summed E-state index contributed by atoms with van der Waals surface area (Å²) in [5, 5.41) is 11.2.